The van der Waals surface area contributed by atoms with Crippen molar-refractivity contribution in [2.75, 3.05) is 32.9 Å². The first kappa shape index (κ1) is 20.3. The van der Waals surface area contributed by atoms with Crippen LogP contribution in [0.4, 0.5) is 0 Å². The SMILES string of the molecule is CC(C)(C)NC(=O)COC(=O)c1ccc(S(=O)(=O)N2CCOCC2)cc1. The molecule has 1 amide bonds. The molecule has 26 heavy (non-hydrogen) atoms. The second-order valence-corrected chi connectivity index (χ2v) is 8.85. The lowest BCUT2D eigenvalue weighted by molar-refractivity contribution is -0.125. The van der Waals surface area contributed by atoms with E-state index in [9.17, 15) is 18.0 Å². The first-order valence-electron chi connectivity index (χ1n) is 8.26. The molecular weight excluding hydrogens is 360 g/mol. The number of hydrogen-bond donors (Lipinski definition) is 1. The molecule has 0 atom stereocenters. The number of nitrogens with zero attached hydrogens (tertiary/aromatic N) is 1. The Morgan fingerprint density at radius 3 is 2.27 bits per heavy atom. The van der Waals surface area contributed by atoms with Crippen LogP contribution in [0, 0.1) is 0 Å². The normalized spacial score (nSPS) is 16.1. The molecule has 1 N–H and O–H groups in total. The van der Waals surface area contributed by atoms with E-state index in [1.54, 1.807) is 0 Å². The van der Waals surface area contributed by atoms with Gasteiger partial charge in [-0.25, -0.2) is 13.2 Å². The molecule has 1 fully saturated rings. The van der Waals surface area contributed by atoms with Gasteiger partial charge in [-0.2, -0.15) is 4.31 Å². The molecule has 0 spiro atoms. The molecule has 0 bridgehead atoms. The van der Waals surface area contributed by atoms with Crippen LogP contribution in [0.2, 0.25) is 0 Å². The molecule has 1 saturated heterocycles. The maximum atomic E-state index is 12.5. The number of benzene rings is 1. The lowest BCUT2D eigenvalue weighted by Crippen LogP contribution is -2.42. The predicted molar refractivity (Wildman–Crippen MR) is 94.2 cm³/mol. The van der Waals surface area contributed by atoms with E-state index in [-0.39, 0.29) is 10.5 Å². The molecule has 1 heterocycles. The molecule has 0 unspecified atom stereocenters. The van der Waals surface area contributed by atoms with Gasteiger partial charge in [0.25, 0.3) is 5.91 Å². The highest BCUT2D eigenvalue weighted by atomic mass is 32.2. The summed E-state index contributed by atoms with van der Waals surface area (Å²) in [7, 11) is -3.61. The quantitative estimate of drug-likeness (QED) is 0.753. The number of ether oxygens (including phenoxy) is 2. The van der Waals surface area contributed by atoms with Gasteiger partial charge >= 0.3 is 5.97 Å². The van der Waals surface area contributed by atoms with Gasteiger partial charge in [0.2, 0.25) is 10.0 Å². The summed E-state index contributed by atoms with van der Waals surface area (Å²) in [6, 6.07) is 5.46. The summed E-state index contributed by atoms with van der Waals surface area (Å²) in [5.41, 5.74) is -0.242. The molecule has 0 radical (unpaired) electrons. The zero-order chi connectivity index (χ0) is 19.4. The lowest BCUT2D eigenvalue weighted by Gasteiger charge is -2.26. The summed E-state index contributed by atoms with van der Waals surface area (Å²) < 4.78 is 36.5. The van der Waals surface area contributed by atoms with Crippen molar-refractivity contribution in [2.45, 2.75) is 31.2 Å². The summed E-state index contributed by atoms with van der Waals surface area (Å²) in [5, 5.41) is 2.68. The molecule has 9 heteroatoms. The number of hydrogen-bond acceptors (Lipinski definition) is 6. The third kappa shape index (κ3) is 5.52. The third-order valence-corrected chi connectivity index (χ3v) is 5.46. The van der Waals surface area contributed by atoms with Gasteiger partial charge in [0, 0.05) is 18.6 Å². The Morgan fingerprint density at radius 1 is 1.15 bits per heavy atom. The summed E-state index contributed by atoms with van der Waals surface area (Å²) in [4.78, 5) is 23.8. The van der Waals surface area contributed by atoms with Crippen molar-refractivity contribution in [2.24, 2.45) is 0 Å². The van der Waals surface area contributed by atoms with Crippen molar-refractivity contribution >= 4 is 21.9 Å². The number of esters is 1. The number of sulfonamides is 1. The van der Waals surface area contributed by atoms with Crippen molar-refractivity contribution in [3.05, 3.63) is 29.8 Å². The van der Waals surface area contributed by atoms with E-state index in [0.29, 0.717) is 26.3 Å². The minimum atomic E-state index is -3.61. The van der Waals surface area contributed by atoms with Gasteiger partial charge in [-0.05, 0) is 45.0 Å². The molecule has 0 aliphatic carbocycles. The molecule has 0 aromatic heterocycles. The fraction of sp³-hybridized carbons (Fsp3) is 0.529. The Morgan fingerprint density at radius 2 is 1.73 bits per heavy atom. The van der Waals surface area contributed by atoms with Gasteiger partial charge in [0.05, 0.1) is 23.7 Å². The van der Waals surface area contributed by atoms with Crippen molar-refractivity contribution in [3.8, 4) is 0 Å². The Bertz CT molecular complexity index is 746. The molecule has 2 rings (SSSR count). The highest BCUT2D eigenvalue weighted by Gasteiger charge is 2.26. The molecular formula is C17H24N2O6S. The molecule has 0 saturated carbocycles. The fourth-order valence-electron chi connectivity index (χ4n) is 2.37. The molecule has 1 aromatic carbocycles. The highest BCUT2D eigenvalue weighted by molar-refractivity contribution is 7.89. The van der Waals surface area contributed by atoms with Crippen LogP contribution in [-0.4, -0.2) is 63.0 Å². The van der Waals surface area contributed by atoms with E-state index in [4.69, 9.17) is 9.47 Å². The van der Waals surface area contributed by atoms with E-state index in [0.717, 1.165) is 0 Å². The molecule has 1 aliphatic rings. The van der Waals surface area contributed by atoms with Crippen LogP contribution < -0.4 is 5.32 Å². The number of amides is 1. The lowest BCUT2D eigenvalue weighted by atomic mass is 10.1. The van der Waals surface area contributed by atoms with Gasteiger partial charge in [0.1, 0.15) is 0 Å². The monoisotopic (exact) mass is 384 g/mol. The number of morpholine rings is 1. The average Bonchev–Trinajstić information content (AvgIpc) is 2.59. The van der Waals surface area contributed by atoms with Gasteiger partial charge in [-0.15, -0.1) is 0 Å². The topological polar surface area (TPSA) is 102 Å². The average molecular weight is 384 g/mol. The van der Waals surface area contributed by atoms with Crippen LogP contribution >= 0.6 is 0 Å². The van der Waals surface area contributed by atoms with Crippen LogP contribution in [0.5, 0.6) is 0 Å². The minimum absolute atomic E-state index is 0.0985. The Kier molecular flexibility index (Phi) is 6.38. The largest absolute Gasteiger partial charge is 0.452 e. The third-order valence-electron chi connectivity index (χ3n) is 3.55. The second kappa shape index (κ2) is 8.15. The van der Waals surface area contributed by atoms with Crippen LogP contribution in [0.15, 0.2) is 29.2 Å². The van der Waals surface area contributed by atoms with Gasteiger partial charge in [-0.3, -0.25) is 4.79 Å². The first-order valence-corrected chi connectivity index (χ1v) is 9.70. The van der Waals surface area contributed by atoms with Crippen molar-refractivity contribution < 1.29 is 27.5 Å². The number of nitrogens with one attached hydrogen (secondary N) is 1. The number of carbonyl (C=O) groups excluding carboxylic acids is 2. The van der Waals surface area contributed by atoms with Crippen molar-refractivity contribution in [1.82, 2.24) is 9.62 Å². The fourth-order valence-corrected chi connectivity index (χ4v) is 3.78. The molecule has 144 valence electrons. The summed E-state index contributed by atoms with van der Waals surface area (Å²) in [6.07, 6.45) is 0. The Balaban J connectivity index is 1.98. The summed E-state index contributed by atoms with van der Waals surface area (Å²) >= 11 is 0. The molecule has 8 nitrogen and oxygen atoms in total. The van der Waals surface area contributed by atoms with Crippen molar-refractivity contribution in [1.29, 1.82) is 0 Å². The highest BCUT2D eigenvalue weighted by Crippen LogP contribution is 2.18. The summed E-state index contributed by atoms with van der Waals surface area (Å²) in [5.74, 6) is -1.10. The van der Waals surface area contributed by atoms with Crippen LogP contribution in [0.25, 0.3) is 0 Å². The Hall–Kier alpha value is -1.97. The standard InChI is InChI=1S/C17H24N2O6S/c1-17(2,3)18-15(20)12-25-16(21)13-4-6-14(7-5-13)26(22,23)19-8-10-24-11-9-19/h4-7H,8-12H2,1-3H3,(H,18,20). The molecule has 1 aromatic rings. The Labute approximate surface area is 153 Å². The smallest absolute Gasteiger partial charge is 0.338 e. The number of carbonyl (C=O) groups is 2. The molecule has 1 aliphatic heterocycles. The van der Waals surface area contributed by atoms with Crippen LogP contribution in [0.3, 0.4) is 0 Å². The minimum Gasteiger partial charge on any atom is -0.452 e. The summed E-state index contributed by atoms with van der Waals surface area (Å²) in [6.45, 7) is 6.38. The maximum Gasteiger partial charge on any atom is 0.338 e. The second-order valence-electron chi connectivity index (χ2n) is 6.92. The van der Waals surface area contributed by atoms with E-state index in [1.165, 1.54) is 28.6 Å². The van der Waals surface area contributed by atoms with Crippen LogP contribution in [-0.2, 0) is 24.3 Å². The predicted octanol–water partition coefficient (Wildman–Crippen LogP) is 0.779. The zero-order valence-corrected chi connectivity index (χ0v) is 16.0. The van der Waals surface area contributed by atoms with Gasteiger partial charge in [0.15, 0.2) is 6.61 Å². The number of rotatable bonds is 5. The van der Waals surface area contributed by atoms with E-state index < -0.39 is 34.0 Å². The maximum absolute atomic E-state index is 12.5. The van der Waals surface area contributed by atoms with Gasteiger partial charge < -0.3 is 14.8 Å². The van der Waals surface area contributed by atoms with Crippen LogP contribution in [0.1, 0.15) is 31.1 Å². The zero-order valence-electron chi connectivity index (χ0n) is 15.1. The van der Waals surface area contributed by atoms with Crippen molar-refractivity contribution in [3.63, 3.8) is 0 Å². The van der Waals surface area contributed by atoms with E-state index >= 15 is 0 Å². The van der Waals surface area contributed by atoms with E-state index in [2.05, 4.69) is 5.32 Å². The first-order chi connectivity index (χ1) is 12.1. The van der Waals surface area contributed by atoms with E-state index in [1.807, 2.05) is 20.8 Å². The van der Waals surface area contributed by atoms with Gasteiger partial charge in [-0.1, -0.05) is 0 Å².